The van der Waals surface area contributed by atoms with Gasteiger partial charge in [-0.2, -0.15) is 26.3 Å². The Labute approximate surface area is 149 Å². The summed E-state index contributed by atoms with van der Waals surface area (Å²) in [5.41, 5.74) is 0.349. The van der Waals surface area contributed by atoms with Crippen LogP contribution in [0.2, 0.25) is 5.02 Å². The van der Waals surface area contributed by atoms with Crippen LogP contribution in [-0.4, -0.2) is 17.8 Å². The summed E-state index contributed by atoms with van der Waals surface area (Å²) in [6.07, 6.45) is -8.23. The van der Waals surface area contributed by atoms with Gasteiger partial charge in [0.25, 0.3) is 0 Å². The van der Waals surface area contributed by atoms with E-state index in [9.17, 15) is 26.3 Å². The molecule has 0 bridgehead atoms. The van der Waals surface area contributed by atoms with Crippen molar-refractivity contribution in [3.63, 3.8) is 0 Å². The van der Waals surface area contributed by atoms with Crippen molar-refractivity contribution >= 4 is 17.4 Å². The highest BCUT2D eigenvalue weighted by atomic mass is 35.5. The van der Waals surface area contributed by atoms with Gasteiger partial charge in [0.05, 0.1) is 17.2 Å². The number of hydrogen-bond acceptors (Lipinski definition) is 3. The molecule has 1 aromatic carbocycles. The Morgan fingerprint density at radius 2 is 1.62 bits per heavy atom. The minimum atomic E-state index is -4.53. The van der Waals surface area contributed by atoms with Crippen molar-refractivity contribution in [1.82, 2.24) is 4.98 Å². The Kier molecular flexibility index (Phi) is 6.35. The summed E-state index contributed by atoms with van der Waals surface area (Å²) in [7, 11) is 0. The highest BCUT2D eigenvalue weighted by molar-refractivity contribution is 6.32. The van der Waals surface area contributed by atoms with Gasteiger partial charge in [-0.15, -0.1) is 0 Å². The Hall–Kier alpha value is -2.00. The lowest BCUT2D eigenvalue weighted by Gasteiger charge is -2.11. The van der Waals surface area contributed by atoms with Crippen LogP contribution in [0.25, 0.3) is 0 Å². The van der Waals surface area contributed by atoms with Crippen molar-refractivity contribution in [2.75, 3.05) is 11.9 Å². The molecule has 142 valence electrons. The molecule has 26 heavy (non-hydrogen) atoms. The molecule has 0 spiro atoms. The van der Waals surface area contributed by atoms with Crippen molar-refractivity contribution < 1.29 is 31.1 Å². The third kappa shape index (κ3) is 6.38. The maximum absolute atomic E-state index is 12.6. The van der Waals surface area contributed by atoms with E-state index in [2.05, 4.69) is 15.0 Å². The molecule has 0 fully saturated rings. The van der Waals surface area contributed by atoms with Crippen LogP contribution in [0.3, 0.4) is 0 Å². The number of benzene rings is 1. The predicted molar refractivity (Wildman–Crippen MR) is 83.7 cm³/mol. The molecule has 0 saturated carbocycles. The fourth-order valence-corrected chi connectivity index (χ4v) is 2.18. The molecule has 2 rings (SSSR count). The summed E-state index contributed by atoms with van der Waals surface area (Å²) in [6.45, 7) is -1.28. The molecule has 1 aromatic heterocycles. The quantitative estimate of drug-likeness (QED) is 0.657. The number of nitrogens with one attached hydrogen (secondary N) is 1. The van der Waals surface area contributed by atoms with Gasteiger partial charge in [-0.1, -0.05) is 35.9 Å². The zero-order valence-electron chi connectivity index (χ0n) is 13.1. The molecular formula is C16H13ClF6N2O. The summed E-state index contributed by atoms with van der Waals surface area (Å²) in [5, 5.41) is 2.63. The second-order valence-electron chi connectivity index (χ2n) is 5.33. The first-order valence-corrected chi connectivity index (χ1v) is 7.61. The van der Waals surface area contributed by atoms with Crippen LogP contribution in [0.1, 0.15) is 16.7 Å². The summed E-state index contributed by atoms with van der Waals surface area (Å²) < 4.78 is 78.2. The van der Waals surface area contributed by atoms with Gasteiger partial charge in [-0.3, -0.25) is 0 Å². The van der Waals surface area contributed by atoms with Gasteiger partial charge >= 0.3 is 12.4 Å². The lowest BCUT2D eigenvalue weighted by atomic mass is 10.1. The first-order valence-electron chi connectivity index (χ1n) is 7.23. The van der Waals surface area contributed by atoms with Crippen LogP contribution in [0.4, 0.5) is 32.2 Å². The summed E-state index contributed by atoms with van der Waals surface area (Å²) in [5.74, 6) is 0.0947. The van der Waals surface area contributed by atoms with E-state index in [-0.39, 0.29) is 24.0 Å². The van der Waals surface area contributed by atoms with Crippen LogP contribution < -0.4 is 5.32 Å². The van der Waals surface area contributed by atoms with E-state index in [0.29, 0.717) is 11.8 Å². The number of alkyl halides is 6. The topological polar surface area (TPSA) is 34.1 Å². The lowest BCUT2D eigenvalue weighted by molar-refractivity contribution is -0.176. The standard InChI is InChI=1S/C16H13ClF6N2O/c17-13-5-12(16(21,22)23)7-25-14(13)24-6-10-1-3-11(4-2-10)8-26-9-15(18,19)20/h1-5,7H,6,8-9H2,(H,24,25). The predicted octanol–water partition coefficient (Wildman–Crippen LogP) is 5.44. The molecule has 10 heteroatoms. The zero-order chi connectivity index (χ0) is 19.4. The molecule has 0 aliphatic heterocycles. The third-order valence-corrected chi connectivity index (χ3v) is 3.47. The SMILES string of the molecule is FC(F)(F)COCc1ccc(CNc2ncc(C(F)(F)F)cc2Cl)cc1. The Bertz CT molecular complexity index is 731. The normalized spacial score (nSPS) is 12.3. The van der Waals surface area contributed by atoms with Gasteiger partial charge in [0.1, 0.15) is 12.4 Å². The number of anilines is 1. The average Bonchev–Trinajstić information content (AvgIpc) is 2.53. The molecule has 0 radical (unpaired) electrons. The molecule has 0 aliphatic rings. The van der Waals surface area contributed by atoms with Gasteiger partial charge < -0.3 is 10.1 Å². The third-order valence-electron chi connectivity index (χ3n) is 3.19. The van der Waals surface area contributed by atoms with E-state index >= 15 is 0 Å². The van der Waals surface area contributed by atoms with Crippen molar-refractivity contribution in [2.24, 2.45) is 0 Å². The largest absolute Gasteiger partial charge is 0.417 e. The molecule has 0 aliphatic carbocycles. The van der Waals surface area contributed by atoms with Crippen molar-refractivity contribution in [2.45, 2.75) is 25.5 Å². The molecule has 2 aromatic rings. The van der Waals surface area contributed by atoms with E-state index in [4.69, 9.17) is 11.6 Å². The zero-order valence-corrected chi connectivity index (χ0v) is 13.8. The molecule has 0 saturated heterocycles. The van der Waals surface area contributed by atoms with Crippen molar-refractivity contribution in [3.8, 4) is 0 Å². The summed E-state index contributed by atoms with van der Waals surface area (Å²) in [6, 6.07) is 7.26. The average molecular weight is 399 g/mol. The second kappa shape index (κ2) is 8.13. The van der Waals surface area contributed by atoms with Crippen LogP contribution in [0, 0.1) is 0 Å². The maximum atomic E-state index is 12.6. The van der Waals surface area contributed by atoms with Crippen LogP contribution in [0.5, 0.6) is 0 Å². The Morgan fingerprint density at radius 3 is 2.15 bits per heavy atom. The lowest BCUT2D eigenvalue weighted by Crippen LogP contribution is -2.16. The molecule has 1 N–H and O–H groups in total. The molecule has 1 heterocycles. The van der Waals surface area contributed by atoms with E-state index in [1.807, 2.05) is 0 Å². The number of halogens is 7. The number of aromatic nitrogens is 1. The smallest absolute Gasteiger partial charge is 0.367 e. The van der Waals surface area contributed by atoms with Gasteiger partial charge in [0.15, 0.2) is 0 Å². The van der Waals surface area contributed by atoms with Crippen molar-refractivity contribution in [3.05, 3.63) is 58.2 Å². The van der Waals surface area contributed by atoms with Gasteiger partial charge in [0.2, 0.25) is 0 Å². The molecule has 0 unspecified atom stereocenters. The number of rotatable bonds is 6. The number of pyridine rings is 1. The highest BCUT2D eigenvalue weighted by Gasteiger charge is 2.31. The Balaban J connectivity index is 1.90. The first-order chi connectivity index (χ1) is 12.0. The molecule has 0 amide bonds. The van der Waals surface area contributed by atoms with E-state index < -0.39 is 24.5 Å². The van der Waals surface area contributed by atoms with Gasteiger partial charge in [-0.05, 0) is 17.2 Å². The number of nitrogens with zero attached hydrogens (tertiary/aromatic N) is 1. The highest BCUT2D eigenvalue weighted by Crippen LogP contribution is 2.32. The second-order valence-corrected chi connectivity index (χ2v) is 5.74. The minimum Gasteiger partial charge on any atom is -0.367 e. The maximum Gasteiger partial charge on any atom is 0.417 e. The monoisotopic (exact) mass is 398 g/mol. The minimum absolute atomic E-state index is 0.0947. The molecule has 0 atom stereocenters. The number of hydrogen-bond donors (Lipinski definition) is 1. The van der Waals surface area contributed by atoms with Crippen LogP contribution in [-0.2, 0) is 24.1 Å². The molecular weight excluding hydrogens is 386 g/mol. The van der Waals surface area contributed by atoms with E-state index in [0.717, 1.165) is 11.6 Å². The molecule has 3 nitrogen and oxygen atoms in total. The van der Waals surface area contributed by atoms with Gasteiger partial charge in [0, 0.05) is 12.7 Å². The fourth-order valence-electron chi connectivity index (χ4n) is 1.95. The van der Waals surface area contributed by atoms with Gasteiger partial charge in [-0.25, -0.2) is 4.98 Å². The Morgan fingerprint density at radius 1 is 1.00 bits per heavy atom. The summed E-state index contributed by atoms with van der Waals surface area (Å²) in [4.78, 5) is 3.65. The van der Waals surface area contributed by atoms with Crippen molar-refractivity contribution in [1.29, 1.82) is 0 Å². The number of ether oxygens (including phenoxy) is 1. The van der Waals surface area contributed by atoms with E-state index in [1.54, 1.807) is 24.3 Å². The summed E-state index contributed by atoms with van der Waals surface area (Å²) >= 11 is 5.79. The first kappa shape index (κ1) is 20.3. The fraction of sp³-hybridized carbons (Fsp3) is 0.312. The van der Waals surface area contributed by atoms with Crippen LogP contribution >= 0.6 is 11.6 Å². The van der Waals surface area contributed by atoms with Crippen LogP contribution in [0.15, 0.2) is 36.5 Å². The van der Waals surface area contributed by atoms with E-state index in [1.165, 1.54) is 0 Å².